The highest BCUT2D eigenvalue weighted by Crippen LogP contribution is 2.15. The Hall–Kier alpha value is -1.84. The zero-order chi connectivity index (χ0) is 13.0. The molecular formula is C13H12F2O2. The van der Waals surface area contributed by atoms with Crippen LogP contribution in [0.2, 0.25) is 0 Å². The summed E-state index contributed by atoms with van der Waals surface area (Å²) >= 11 is 0. The SMILES string of the molecule is CCC(=O)/C(=C\c1ccc(F)cc1F)C(C)=O. The summed E-state index contributed by atoms with van der Waals surface area (Å²) < 4.78 is 26.0. The molecule has 1 aromatic carbocycles. The van der Waals surface area contributed by atoms with E-state index in [0.29, 0.717) is 6.07 Å². The van der Waals surface area contributed by atoms with E-state index in [-0.39, 0.29) is 23.3 Å². The maximum absolute atomic E-state index is 13.3. The average molecular weight is 238 g/mol. The summed E-state index contributed by atoms with van der Waals surface area (Å²) in [4.78, 5) is 22.7. The van der Waals surface area contributed by atoms with Gasteiger partial charge in [-0.2, -0.15) is 0 Å². The first kappa shape index (κ1) is 13.2. The van der Waals surface area contributed by atoms with Gasteiger partial charge in [0.15, 0.2) is 11.6 Å². The van der Waals surface area contributed by atoms with Gasteiger partial charge in [-0.15, -0.1) is 0 Å². The summed E-state index contributed by atoms with van der Waals surface area (Å²) in [7, 11) is 0. The van der Waals surface area contributed by atoms with E-state index in [1.165, 1.54) is 13.0 Å². The Kier molecular flexibility index (Phi) is 4.26. The predicted octanol–water partition coefficient (Wildman–Crippen LogP) is 2.92. The Labute approximate surface area is 98.0 Å². The van der Waals surface area contributed by atoms with E-state index in [1.807, 2.05) is 0 Å². The third-order valence-electron chi connectivity index (χ3n) is 2.26. The molecule has 0 atom stereocenters. The molecular weight excluding hydrogens is 226 g/mol. The van der Waals surface area contributed by atoms with Crippen LogP contribution in [0.25, 0.3) is 6.08 Å². The van der Waals surface area contributed by atoms with Gasteiger partial charge in [0, 0.05) is 18.1 Å². The smallest absolute Gasteiger partial charge is 0.166 e. The molecule has 0 aliphatic carbocycles. The first-order valence-corrected chi connectivity index (χ1v) is 5.16. The van der Waals surface area contributed by atoms with Crippen molar-refractivity contribution in [2.24, 2.45) is 0 Å². The number of hydrogen-bond donors (Lipinski definition) is 0. The van der Waals surface area contributed by atoms with E-state index in [1.54, 1.807) is 6.92 Å². The van der Waals surface area contributed by atoms with Crippen molar-refractivity contribution in [1.29, 1.82) is 0 Å². The number of ketones is 2. The molecule has 0 amide bonds. The van der Waals surface area contributed by atoms with Crippen molar-refractivity contribution in [3.63, 3.8) is 0 Å². The molecule has 0 aromatic heterocycles. The number of Topliss-reactive ketones (excluding diaryl/α,β-unsaturated/α-hetero) is 2. The van der Waals surface area contributed by atoms with Crippen molar-refractivity contribution in [3.05, 3.63) is 41.0 Å². The Morgan fingerprint density at radius 3 is 2.41 bits per heavy atom. The van der Waals surface area contributed by atoms with Gasteiger partial charge in [-0.25, -0.2) is 8.78 Å². The minimum Gasteiger partial charge on any atom is -0.294 e. The van der Waals surface area contributed by atoms with Crippen molar-refractivity contribution >= 4 is 17.6 Å². The molecule has 0 radical (unpaired) electrons. The van der Waals surface area contributed by atoms with Crippen LogP contribution in [-0.2, 0) is 9.59 Å². The highest BCUT2D eigenvalue weighted by atomic mass is 19.1. The largest absolute Gasteiger partial charge is 0.294 e. The van der Waals surface area contributed by atoms with Crippen LogP contribution in [0.1, 0.15) is 25.8 Å². The minimum absolute atomic E-state index is 0.0263. The molecule has 0 spiro atoms. The Bertz CT molecular complexity index is 490. The Balaban J connectivity index is 3.22. The molecule has 0 aliphatic heterocycles. The molecule has 4 heteroatoms. The van der Waals surface area contributed by atoms with Crippen molar-refractivity contribution in [2.45, 2.75) is 20.3 Å². The predicted molar refractivity (Wildman–Crippen MR) is 60.3 cm³/mol. The van der Waals surface area contributed by atoms with Crippen LogP contribution in [0.3, 0.4) is 0 Å². The van der Waals surface area contributed by atoms with Crippen molar-refractivity contribution in [1.82, 2.24) is 0 Å². The van der Waals surface area contributed by atoms with E-state index >= 15 is 0 Å². The van der Waals surface area contributed by atoms with Crippen LogP contribution in [-0.4, -0.2) is 11.6 Å². The first-order chi connectivity index (χ1) is 7.95. The lowest BCUT2D eigenvalue weighted by molar-refractivity contribution is -0.120. The van der Waals surface area contributed by atoms with E-state index in [9.17, 15) is 18.4 Å². The van der Waals surface area contributed by atoms with E-state index in [0.717, 1.165) is 12.1 Å². The van der Waals surface area contributed by atoms with Gasteiger partial charge >= 0.3 is 0 Å². The molecule has 0 saturated carbocycles. The van der Waals surface area contributed by atoms with Gasteiger partial charge in [-0.3, -0.25) is 9.59 Å². The van der Waals surface area contributed by atoms with Gasteiger partial charge in [0.1, 0.15) is 11.6 Å². The number of hydrogen-bond acceptors (Lipinski definition) is 2. The lowest BCUT2D eigenvalue weighted by Gasteiger charge is -2.02. The fourth-order valence-electron chi connectivity index (χ4n) is 1.34. The number of benzene rings is 1. The standard InChI is InChI=1S/C13H12F2O2/c1-3-13(17)11(8(2)16)6-9-4-5-10(14)7-12(9)15/h4-7H,3H2,1-2H3/b11-6-. The Morgan fingerprint density at radius 2 is 1.94 bits per heavy atom. The second kappa shape index (κ2) is 5.48. The first-order valence-electron chi connectivity index (χ1n) is 5.16. The second-order valence-corrected chi connectivity index (χ2v) is 3.56. The highest BCUT2D eigenvalue weighted by molar-refractivity contribution is 6.22. The zero-order valence-corrected chi connectivity index (χ0v) is 9.59. The van der Waals surface area contributed by atoms with Crippen LogP contribution < -0.4 is 0 Å². The molecule has 0 saturated heterocycles. The topological polar surface area (TPSA) is 34.1 Å². The second-order valence-electron chi connectivity index (χ2n) is 3.56. The van der Waals surface area contributed by atoms with Crippen LogP contribution in [0.15, 0.2) is 23.8 Å². The lowest BCUT2D eigenvalue weighted by atomic mass is 10.0. The molecule has 2 nitrogen and oxygen atoms in total. The summed E-state index contributed by atoms with van der Waals surface area (Å²) in [6, 6.07) is 2.97. The maximum atomic E-state index is 13.3. The van der Waals surface area contributed by atoms with E-state index in [4.69, 9.17) is 0 Å². The van der Waals surface area contributed by atoms with E-state index < -0.39 is 17.4 Å². The van der Waals surface area contributed by atoms with E-state index in [2.05, 4.69) is 0 Å². The molecule has 0 aliphatic rings. The average Bonchev–Trinajstić information content (AvgIpc) is 2.26. The van der Waals surface area contributed by atoms with Crippen LogP contribution in [0.4, 0.5) is 8.78 Å². The lowest BCUT2D eigenvalue weighted by Crippen LogP contribution is -2.08. The number of carbonyl (C=O) groups is 2. The van der Waals surface area contributed by atoms with Crippen molar-refractivity contribution in [3.8, 4) is 0 Å². The molecule has 0 fully saturated rings. The fraction of sp³-hybridized carbons (Fsp3) is 0.231. The molecule has 17 heavy (non-hydrogen) atoms. The van der Waals surface area contributed by atoms with Gasteiger partial charge in [0.2, 0.25) is 0 Å². The molecule has 1 rings (SSSR count). The normalized spacial score (nSPS) is 11.4. The fourth-order valence-corrected chi connectivity index (χ4v) is 1.34. The molecule has 0 unspecified atom stereocenters. The monoisotopic (exact) mass is 238 g/mol. The van der Waals surface area contributed by atoms with Gasteiger partial charge in [0.25, 0.3) is 0 Å². The third-order valence-corrected chi connectivity index (χ3v) is 2.26. The molecule has 90 valence electrons. The quantitative estimate of drug-likeness (QED) is 0.459. The number of rotatable bonds is 4. The van der Waals surface area contributed by atoms with Gasteiger partial charge < -0.3 is 0 Å². The third kappa shape index (κ3) is 3.31. The minimum atomic E-state index is -0.798. The van der Waals surface area contributed by atoms with Crippen molar-refractivity contribution in [2.75, 3.05) is 0 Å². The molecule has 0 heterocycles. The van der Waals surface area contributed by atoms with Crippen LogP contribution in [0, 0.1) is 11.6 Å². The number of carbonyl (C=O) groups excluding carboxylic acids is 2. The summed E-state index contributed by atoms with van der Waals surface area (Å²) in [6.07, 6.45) is 1.32. The molecule has 0 N–H and O–H groups in total. The molecule has 0 bridgehead atoms. The van der Waals surface area contributed by atoms with Gasteiger partial charge in [0.05, 0.1) is 5.57 Å². The van der Waals surface area contributed by atoms with Gasteiger partial charge in [-0.05, 0) is 25.1 Å². The highest BCUT2D eigenvalue weighted by Gasteiger charge is 2.13. The van der Waals surface area contributed by atoms with Gasteiger partial charge in [-0.1, -0.05) is 6.92 Å². The zero-order valence-electron chi connectivity index (χ0n) is 9.59. The summed E-state index contributed by atoms with van der Waals surface area (Å²) in [5.41, 5.74) is -0.0450. The number of allylic oxidation sites excluding steroid dienone is 1. The molecule has 1 aromatic rings. The maximum Gasteiger partial charge on any atom is 0.166 e. The van der Waals surface area contributed by atoms with Crippen LogP contribution >= 0.6 is 0 Å². The Morgan fingerprint density at radius 1 is 1.29 bits per heavy atom. The summed E-state index contributed by atoms with van der Waals surface area (Å²) in [5.74, 6) is -2.29. The van der Waals surface area contributed by atoms with Crippen molar-refractivity contribution < 1.29 is 18.4 Å². The van der Waals surface area contributed by atoms with Crippen LogP contribution in [0.5, 0.6) is 0 Å². The summed E-state index contributed by atoms with van der Waals surface area (Å²) in [6.45, 7) is 2.85. The number of halogens is 2. The summed E-state index contributed by atoms with van der Waals surface area (Å²) in [5, 5.41) is 0.